The minimum Gasteiger partial charge on any atom is -0.506 e. The number of likely N-dealkylation sites (tertiary alicyclic amines) is 1. The molecule has 2 N–H and O–H groups in total. The molecule has 0 spiro atoms. The van der Waals surface area contributed by atoms with Crippen LogP contribution in [0.25, 0.3) is 0 Å². The van der Waals surface area contributed by atoms with Crippen molar-refractivity contribution >= 4 is 11.6 Å². The second-order valence-electron chi connectivity index (χ2n) is 7.40. The van der Waals surface area contributed by atoms with Crippen LogP contribution in [-0.2, 0) is 17.9 Å². The van der Waals surface area contributed by atoms with Crippen LogP contribution in [0, 0.1) is 11.7 Å². The third-order valence-corrected chi connectivity index (χ3v) is 5.17. The minimum absolute atomic E-state index is 0.0592. The zero-order chi connectivity index (χ0) is 21.6. The van der Waals surface area contributed by atoms with E-state index in [2.05, 4.69) is 20.4 Å². The third-order valence-electron chi connectivity index (χ3n) is 5.17. The van der Waals surface area contributed by atoms with Gasteiger partial charge in [0.05, 0.1) is 12.2 Å². The average Bonchev–Trinajstić information content (AvgIpc) is 3.23. The third kappa shape index (κ3) is 5.58. The number of aromatic nitrogens is 2. The first-order chi connectivity index (χ1) is 15.1. The first kappa shape index (κ1) is 20.8. The van der Waals surface area contributed by atoms with Gasteiger partial charge in [0.1, 0.15) is 17.3 Å². The fourth-order valence-corrected chi connectivity index (χ4v) is 3.45. The van der Waals surface area contributed by atoms with Crippen molar-refractivity contribution in [2.75, 3.05) is 18.4 Å². The molecule has 0 bridgehead atoms. The monoisotopic (exact) mass is 426 g/mol. The standard InChI is InChI=1S/C22H23FN4O4/c23-16-5-7-17(8-6-16)30-14-20-25-21(31-26-20)13-27-11-9-15(10-12-27)22(29)24-18-3-1-2-4-19(18)28/h1-8,15,28H,9-14H2,(H,24,29). The van der Waals surface area contributed by atoms with Crippen LogP contribution in [0.15, 0.2) is 53.1 Å². The van der Waals surface area contributed by atoms with Crippen LogP contribution in [0.4, 0.5) is 10.1 Å². The summed E-state index contributed by atoms with van der Waals surface area (Å²) in [5.74, 6) is 0.956. The smallest absolute Gasteiger partial charge is 0.240 e. The number of anilines is 1. The first-order valence-corrected chi connectivity index (χ1v) is 10.1. The Morgan fingerprint density at radius 1 is 1.19 bits per heavy atom. The zero-order valence-electron chi connectivity index (χ0n) is 16.8. The van der Waals surface area contributed by atoms with E-state index in [1.807, 2.05) is 0 Å². The zero-order valence-corrected chi connectivity index (χ0v) is 16.8. The van der Waals surface area contributed by atoms with Crippen molar-refractivity contribution in [3.63, 3.8) is 0 Å². The molecule has 162 valence electrons. The fraction of sp³-hybridized carbons (Fsp3) is 0.318. The lowest BCUT2D eigenvalue weighted by Crippen LogP contribution is -2.37. The Bertz CT molecular complexity index is 1020. The molecule has 4 rings (SSSR count). The lowest BCUT2D eigenvalue weighted by molar-refractivity contribution is -0.121. The number of halogens is 1. The summed E-state index contributed by atoms with van der Waals surface area (Å²) >= 11 is 0. The molecule has 1 amide bonds. The summed E-state index contributed by atoms with van der Waals surface area (Å²) in [7, 11) is 0. The number of phenols is 1. The minimum atomic E-state index is -0.325. The Hall–Kier alpha value is -3.46. The summed E-state index contributed by atoms with van der Waals surface area (Å²) < 4.78 is 23.7. The molecule has 1 aliphatic rings. The van der Waals surface area contributed by atoms with E-state index in [4.69, 9.17) is 9.26 Å². The molecule has 1 saturated heterocycles. The Morgan fingerprint density at radius 2 is 1.94 bits per heavy atom. The summed E-state index contributed by atoms with van der Waals surface area (Å²) in [4.78, 5) is 19.0. The number of nitrogens with zero attached hydrogens (tertiary/aromatic N) is 3. The van der Waals surface area contributed by atoms with E-state index >= 15 is 0 Å². The highest BCUT2D eigenvalue weighted by Gasteiger charge is 2.26. The van der Waals surface area contributed by atoms with Crippen molar-refractivity contribution in [1.29, 1.82) is 0 Å². The number of carbonyl (C=O) groups excluding carboxylic acids is 1. The largest absolute Gasteiger partial charge is 0.506 e. The van der Waals surface area contributed by atoms with Crippen molar-refractivity contribution in [2.24, 2.45) is 5.92 Å². The van der Waals surface area contributed by atoms with Crippen LogP contribution >= 0.6 is 0 Å². The van der Waals surface area contributed by atoms with Crippen molar-refractivity contribution in [3.05, 3.63) is 66.1 Å². The van der Waals surface area contributed by atoms with Crippen molar-refractivity contribution < 1.29 is 23.6 Å². The van der Waals surface area contributed by atoms with Gasteiger partial charge in [-0.15, -0.1) is 0 Å². The normalized spacial score (nSPS) is 15.0. The van der Waals surface area contributed by atoms with E-state index in [0.29, 0.717) is 42.5 Å². The number of carbonyl (C=O) groups is 1. The number of amides is 1. The van der Waals surface area contributed by atoms with Crippen LogP contribution < -0.4 is 10.1 Å². The lowest BCUT2D eigenvalue weighted by atomic mass is 9.96. The van der Waals surface area contributed by atoms with Gasteiger partial charge in [0.25, 0.3) is 0 Å². The lowest BCUT2D eigenvalue weighted by Gasteiger charge is -2.30. The predicted octanol–water partition coefficient (Wildman–Crippen LogP) is 3.34. The van der Waals surface area contributed by atoms with Crippen molar-refractivity contribution in [3.8, 4) is 11.5 Å². The van der Waals surface area contributed by atoms with Crippen LogP contribution in [0.1, 0.15) is 24.6 Å². The number of nitrogens with one attached hydrogen (secondary N) is 1. The highest BCUT2D eigenvalue weighted by atomic mass is 19.1. The molecular weight excluding hydrogens is 403 g/mol. The second-order valence-corrected chi connectivity index (χ2v) is 7.40. The Labute approximate surface area is 178 Å². The molecule has 0 aliphatic carbocycles. The molecule has 3 aromatic rings. The predicted molar refractivity (Wildman–Crippen MR) is 110 cm³/mol. The molecule has 1 aliphatic heterocycles. The summed E-state index contributed by atoms with van der Waals surface area (Å²) in [6, 6.07) is 12.4. The molecule has 9 heteroatoms. The molecule has 2 aromatic carbocycles. The van der Waals surface area contributed by atoms with Crippen LogP contribution in [0.3, 0.4) is 0 Å². The molecule has 0 radical (unpaired) electrons. The van der Waals surface area contributed by atoms with Crippen LogP contribution in [0.2, 0.25) is 0 Å². The number of phenolic OH excluding ortho intramolecular Hbond substituents is 1. The Balaban J connectivity index is 1.22. The van der Waals surface area contributed by atoms with Gasteiger partial charge in [-0.3, -0.25) is 9.69 Å². The van der Waals surface area contributed by atoms with Gasteiger partial charge in [-0.25, -0.2) is 4.39 Å². The number of benzene rings is 2. The topological polar surface area (TPSA) is 101 Å². The van der Waals surface area contributed by atoms with E-state index < -0.39 is 0 Å². The number of hydrogen-bond acceptors (Lipinski definition) is 7. The summed E-state index contributed by atoms with van der Waals surface area (Å²) in [6.07, 6.45) is 1.40. The van der Waals surface area contributed by atoms with E-state index in [1.165, 1.54) is 24.3 Å². The average molecular weight is 426 g/mol. The van der Waals surface area contributed by atoms with E-state index in [1.54, 1.807) is 24.3 Å². The van der Waals surface area contributed by atoms with Crippen LogP contribution in [0.5, 0.6) is 11.5 Å². The molecule has 31 heavy (non-hydrogen) atoms. The number of hydrogen-bond donors (Lipinski definition) is 2. The first-order valence-electron chi connectivity index (χ1n) is 10.1. The maximum absolute atomic E-state index is 12.9. The van der Waals surface area contributed by atoms with Gasteiger partial charge in [-0.1, -0.05) is 17.3 Å². The molecule has 0 unspecified atom stereocenters. The summed E-state index contributed by atoms with van der Waals surface area (Å²) in [5, 5.41) is 16.5. The summed E-state index contributed by atoms with van der Waals surface area (Å²) in [6.45, 7) is 2.08. The number of para-hydroxylation sites is 2. The van der Waals surface area contributed by atoms with Crippen molar-refractivity contribution in [2.45, 2.75) is 26.0 Å². The molecule has 1 aromatic heterocycles. The number of ether oxygens (including phenoxy) is 1. The molecule has 0 saturated carbocycles. The van der Waals surface area contributed by atoms with Crippen molar-refractivity contribution in [1.82, 2.24) is 15.0 Å². The highest BCUT2D eigenvalue weighted by Crippen LogP contribution is 2.25. The van der Waals surface area contributed by atoms with Gasteiger partial charge < -0.3 is 19.7 Å². The number of aromatic hydroxyl groups is 1. The van der Waals surface area contributed by atoms with Crippen LogP contribution in [-0.4, -0.2) is 39.1 Å². The quantitative estimate of drug-likeness (QED) is 0.559. The maximum Gasteiger partial charge on any atom is 0.240 e. The van der Waals surface area contributed by atoms with Gasteiger partial charge in [-0.2, -0.15) is 4.98 Å². The SMILES string of the molecule is O=C(Nc1ccccc1O)C1CCN(Cc2nc(COc3ccc(F)cc3)no2)CC1. The molecule has 2 heterocycles. The molecule has 8 nitrogen and oxygen atoms in total. The molecule has 0 atom stereocenters. The Kier molecular flexibility index (Phi) is 6.42. The highest BCUT2D eigenvalue weighted by molar-refractivity contribution is 5.93. The maximum atomic E-state index is 12.9. The van der Waals surface area contributed by atoms with E-state index in [0.717, 1.165) is 13.1 Å². The second kappa shape index (κ2) is 9.57. The summed E-state index contributed by atoms with van der Waals surface area (Å²) in [5.41, 5.74) is 0.427. The fourth-order valence-electron chi connectivity index (χ4n) is 3.45. The van der Waals surface area contributed by atoms with Gasteiger partial charge in [0.15, 0.2) is 6.61 Å². The molecule has 1 fully saturated rings. The van der Waals surface area contributed by atoms with Gasteiger partial charge in [0.2, 0.25) is 17.6 Å². The Morgan fingerprint density at radius 3 is 2.68 bits per heavy atom. The van der Waals surface area contributed by atoms with Gasteiger partial charge in [0, 0.05) is 5.92 Å². The van der Waals surface area contributed by atoms with Gasteiger partial charge >= 0.3 is 0 Å². The van der Waals surface area contributed by atoms with E-state index in [9.17, 15) is 14.3 Å². The molecular formula is C22H23FN4O4. The number of rotatable bonds is 7. The van der Waals surface area contributed by atoms with E-state index in [-0.39, 0.29) is 30.0 Å². The number of piperidine rings is 1. The van der Waals surface area contributed by atoms with Gasteiger partial charge in [-0.05, 0) is 62.3 Å².